The van der Waals surface area contributed by atoms with Crippen LogP contribution in [-0.4, -0.2) is 47.0 Å². The zero-order valence-corrected chi connectivity index (χ0v) is 17.1. The van der Waals surface area contributed by atoms with Crippen molar-refractivity contribution in [3.8, 4) is 0 Å². The molecule has 0 bridgehead atoms. The van der Waals surface area contributed by atoms with Crippen molar-refractivity contribution in [1.29, 1.82) is 0 Å². The Morgan fingerprint density at radius 2 is 1.60 bits per heavy atom. The number of hydrogen-bond acceptors (Lipinski definition) is 4. The van der Waals surface area contributed by atoms with E-state index in [9.17, 15) is 44.6 Å². The van der Waals surface area contributed by atoms with Gasteiger partial charge in [0.25, 0.3) is 0 Å². The highest BCUT2D eigenvalue weighted by molar-refractivity contribution is 14.1. The lowest BCUT2D eigenvalue weighted by Gasteiger charge is -2.41. The molecule has 14 heteroatoms. The molecule has 4 nitrogen and oxygen atoms in total. The smallest absolute Gasteiger partial charge is 0.371 e. The number of ether oxygens (including phenoxy) is 1. The first-order valence-corrected chi connectivity index (χ1v) is 9.59. The molecule has 0 fully saturated rings. The van der Waals surface area contributed by atoms with E-state index < -0.39 is 59.7 Å². The third-order valence-electron chi connectivity index (χ3n) is 4.58. The van der Waals surface area contributed by atoms with Gasteiger partial charge in [-0.15, -0.1) is 0 Å². The van der Waals surface area contributed by atoms with Crippen LogP contribution in [0.4, 0.5) is 45.2 Å². The summed E-state index contributed by atoms with van der Waals surface area (Å²) in [6, 6.07) is 2.44. The molecule has 0 radical (unpaired) electrons. The van der Waals surface area contributed by atoms with Gasteiger partial charge in [0.15, 0.2) is 18.0 Å². The lowest BCUT2D eigenvalue weighted by atomic mass is 9.73. The van der Waals surface area contributed by atoms with Gasteiger partial charge in [0, 0.05) is 11.5 Å². The van der Waals surface area contributed by atoms with Crippen LogP contribution in [0.2, 0.25) is 0 Å². The molecule has 0 saturated heterocycles. The highest BCUT2D eigenvalue weighted by Gasteiger charge is 2.69. The summed E-state index contributed by atoms with van der Waals surface area (Å²) in [7, 11) is 0.550. The topological polar surface area (TPSA) is 45.1 Å². The van der Waals surface area contributed by atoms with Crippen molar-refractivity contribution in [2.24, 2.45) is 10.5 Å². The molecule has 0 spiro atoms. The Kier molecular flexibility index (Phi) is 6.94. The Balaban J connectivity index is 2.66. The lowest BCUT2D eigenvalue weighted by molar-refractivity contribution is -0.250. The fourth-order valence-electron chi connectivity index (χ4n) is 3.35. The van der Waals surface area contributed by atoms with Gasteiger partial charge in [-0.2, -0.15) is 44.6 Å². The predicted molar refractivity (Wildman–Crippen MR) is 96.2 cm³/mol. The summed E-state index contributed by atoms with van der Waals surface area (Å²) in [6.07, 6.45) is -21.8. The molecule has 1 N–H and O–H groups in total. The van der Waals surface area contributed by atoms with Gasteiger partial charge >= 0.3 is 18.5 Å². The second-order valence-electron chi connectivity index (χ2n) is 6.35. The van der Waals surface area contributed by atoms with E-state index in [4.69, 9.17) is 0 Å². The first kappa shape index (κ1) is 25.0. The minimum atomic E-state index is -5.38. The van der Waals surface area contributed by atoms with Gasteiger partial charge in [-0.25, -0.2) is 5.01 Å². The Bertz CT molecular complexity index is 777. The van der Waals surface area contributed by atoms with Crippen LogP contribution in [0, 0.1) is 5.41 Å². The van der Waals surface area contributed by atoms with Crippen molar-refractivity contribution in [2.45, 2.75) is 37.3 Å². The second kappa shape index (κ2) is 8.33. The van der Waals surface area contributed by atoms with E-state index in [2.05, 4.69) is 9.84 Å². The van der Waals surface area contributed by atoms with Crippen LogP contribution in [0.5, 0.6) is 0 Å². The molecule has 0 amide bonds. The summed E-state index contributed by atoms with van der Waals surface area (Å²) in [4.78, 5) is 0. The number of rotatable bonds is 5. The maximum atomic E-state index is 13.7. The Hall–Kier alpha value is -1.29. The first-order chi connectivity index (χ1) is 13.6. The first-order valence-electron chi connectivity index (χ1n) is 8.07. The number of alkyl halides is 10. The molecule has 0 aliphatic carbocycles. The van der Waals surface area contributed by atoms with E-state index in [1.165, 1.54) is 0 Å². The Morgan fingerprint density at radius 3 is 1.97 bits per heavy atom. The zero-order chi connectivity index (χ0) is 23.1. The van der Waals surface area contributed by atoms with Crippen LogP contribution in [0.1, 0.15) is 12.0 Å². The molecule has 1 aromatic carbocycles. The monoisotopic (exact) mass is 564 g/mol. The number of aliphatic hydroxyl groups excluding tert-OH is 1. The van der Waals surface area contributed by atoms with Crippen LogP contribution in [0.3, 0.4) is 0 Å². The lowest BCUT2D eigenvalue weighted by Crippen LogP contribution is -2.60. The molecule has 170 valence electrons. The van der Waals surface area contributed by atoms with Gasteiger partial charge in [0.05, 0.1) is 11.3 Å². The van der Waals surface area contributed by atoms with Crippen LogP contribution < -0.4 is 5.01 Å². The third kappa shape index (κ3) is 4.49. The van der Waals surface area contributed by atoms with E-state index in [1.54, 1.807) is 22.6 Å². The molecule has 1 aliphatic rings. The van der Waals surface area contributed by atoms with Crippen molar-refractivity contribution >= 4 is 34.0 Å². The highest BCUT2D eigenvalue weighted by Crippen LogP contribution is 2.51. The van der Waals surface area contributed by atoms with Gasteiger partial charge in [-0.05, 0) is 30.7 Å². The minimum absolute atomic E-state index is 0.229. The molecule has 0 saturated carbocycles. The van der Waals surface area contributed by atoms with Gasteiger partial charge in [0.2, 0.25) is 0 Å². The molecule has 0 aromatic heterocycles. The van der Waals surface area contributed by atoms with Crippen molar-refractivity contribution in [3.63, 3.8) is 0 Å². The highest BCUT2D eigenvalue weighted by atomic mass is 127. The van der Waals surface area contributed by atoms with Crippen molar-refractivity contribution in [3.05, 3.63) is 29.8 Å². The molecular formula is C16H14F9IN2O2. The van der Waals surface area contributed by atoms with Crippen LogP contribution in [0.25, 0.3) is 0 Å². The van der Waals surface area contributed by atoms with Crippen LogP contribution in [-0.2, 0) is 10.9 Å². The molecule has 1 aliphatic heterocycles. The van der Waals surface area contributed by atoms with Crippen molar-refractivity contribution in [2.75, 3.05) is 16.5 Å². The number of aliphatic hydroxyl groups is 1. The molecule has 30 heavy (non-hydrogen) atoms. The molecule has 2 rings (SSSR count). The van der Waals surface area contributed by atoms with Crippen molar-refractivity contribution in [1.82, 2.24) is 0 Å². The van der Waals surface area contributed by atoms with Crippen molar-refractivity contribution < 1.29 is 49.4 Å². The fourth-order valence-corrected chi connectivity index (χ4v) is 4.24. The average molecular weight is 564 g/mol. The van der Waals surface area contributed by atoms with Gasteiger partial charge in [0.1, 0.15) is 5.41 Å². The third-order valence-corrected chi connectivity index (χ3v) is 5.12. The Morgan fingerprint density at radius 1 is 1.07 bits per heavy atom. The van der Waals surface area contributed by atoms with E-state index >= 15 is 0 Å². The largest absolute Gasteiger partial charge is 0.432 e. The number of nitrogens with zero attached hydrogens (tertiary/aromatic N) is 2. The number of benzene rings is 1. The maximum absolute atomic E-state index is 13.7. The zero-order valence-electron chi connectivity index (χ0n) is 14.9. The SMILES string of the molecule is COC(C(F)(F)F)C1(CCI)C(C(F)(F)F)=NN(c2ccc(C(F)(F)F)cc2)C1O. The van der Waals surface area contributed by atoms with Gasteiger partial charge in [-0.1, -0.05) is 22.6 Å². The van der Waals surface area contributed by atoms with Crippen LogP contribution >= 0.6 is 22.6 Å². The van der Waals surface area contributed by atoms with Gasteiger partial charge < -0.3 is 9.84 Å². The predicted octanol–water partition coefficient (Wildman–Crippen LogP) is 5.15. The molecule has 3 unspecified atom stereocenters. The Labute approximate surface area is 177 Å². The normalized spacial score (nSPS) is 24.2. The van der Waals surface area contributed by atoms with E-state index in [1.807, 2.05) is 0 Å². The van der Waals surface area contributed by atoms with E-state index in [-0.39, 0.29) is 9.44 Å². The summed E-state index contributed by atoms with van der Waals surface area (Å²) in [6.45, 7) is 0. The maximum Gasteiger partial charge on any atom is 0.432 e. The second-order valence-corrected chi connectivity index (χ2v) is 7.42. The minimum Gasteiger partial charge on any atom is -0.371 e. The number of anilines is 1. The number of hydrogen-bond donors (Lipinski definition) is 1. The summed E-state index contributed by atoms with van der Waals surface area (Å²) in [5.74, 6) is 0. The van der Waals surface area contributed by atoms with E-state index in [0.29, 0.717) is 31.4 Å². The summed E-state index contributed by atoms with van der Waals surface area (Å²) < 4.78 is 124. The molecule has 1 aromatic rings. The van der Waals surface area contributed by atoms with Gasteiger partial charge in [-0.3, -0.25) is 0 Å². The average Bonchev–Trinajstić information content (AvgIpc) is 2.87. The summed E-state index contributed by atoms with van der Waals surface area (Å²) in [5.41, 5.74) is -6.58. The van der Waals surface area contributed by atoms with E-state index in [0.717, 1.165) is 0 Å². The standard InChI is InChI=1S/C16H14F9IN2O2/c1-30-11(16(23,24)25)13(6-7-26)10(15(20,21)22)27-28(12(13)29)9-4-2-8(3-5-9)14(17,18)19/h2-5,11-12,29H,6-7H2,1H3. The molecular weight excluding hydrogens is 550 g/mol. The number of hydrazone groups is 1. The molecule has 3 atom stereocenters. The fraction of sp³-hybridized carbons (Fsp3) is 0.562. The summed E-state index contributed by atoms with van der Waals surface area (Å²) >= 11 is 1.55. The molecule has 1 heterocycles. The number of methoxy groups -OCH3 is 1. The number of halogens is 10. The summed E-state index contributed by atoms with van der Waals surface area (Å²) in [5, 5.41) is 14.0. The quantitative estimate of drug-likeness (QED) is 0.306. The van der Waals surface area contributed by atoms with Crippen LogP contribution in [0.15, 0.2) is 29.4 Å².